The lowest BCUT2D eigenvalue weighted by molar-refractivity contribution is -0.129. The molecule has 3 N–H and O–H groups in total. The molecule has 0 aliphatic heterocycles. The van der Waals surface area contributed by atoms with Gasteiger partial charge in [-0.15, -0.1) is 11.8 Å². The number of hydrogen-bond acceptors (Lipinski definition) is 5. The van der Waals surface area contributed by atoms with E-state index in [0.29, 0.717) is 0 Å². The van der Waals surface area contributed by atoms with Crippen LogP contribution >= 0.6 is 11.8 Å². The Hall–Kier alpha value is -0.880. The van der Waals surface area contributed by atoms with E-state index in [1.165, 1.54) is 18.7 Å². The van der Waals surface area contributed by atoms with Crippen molar-refractivity contribution in [3.63, 3.8) is 0 Å². The minimum absolute atomic E-state index is 0.0437. The first kappa shape index (κ1) is 19.1. The first-order valence-corrected chi connectivity index (χ1v) is 7.82. The lowest BCUT2D eigenvalue weighted by atomic mass is 10.0. The standard InChI is InChI=1S/C14H26N2O3S/c1-8(2)13(18)11(7-15)16-14(19)12(6-10(5)17)20-9(3)4/h8-9,11-12H,6-7,15H2,1-5H3,(H,16,19). The van der Waals surface area contributed by atoms with Crippen LogP contribution in [0.4, 0.5) is 0 Å². The van der Waals surface area contributed by atoms with E-state index in [4.69, 9.17) is 5.73 Å². The molecule has 20 heavy (non-hydrogen) atoms. The number of nitrogens with two attached hydrogens (primary N) is 1. The van der Waals surface area contributed by atoms with Crippen LogP contribution in [-0.4, -0.2) is 40.6 Å². The van der Waals surface area contributed by atoms with E-state index in [-0.39, 0.29) is 41.6 Å². The van der Waals surface area contributed by atoms with Crippen LogP contribution in [0.2, 0.25) is 0 Å². The predicted molar refractivity (Wildman–Crippen MR) is 82.6 cm³/mol. The number of thioether (sulfide) groups is 1. The van der Waals surface area contributed by atoms with Gasteiger partial charge in [-0.05, 0) is 12.2 Å². The first-order chi connectivity index (χ1) is 9.18. The van der Waals surface area contributed by atoms with Gasteiger partial charge in [0.2, 0.25) is 5.91 Å². The van der Waals surface area contributed by atoms with Gasteiger partial charge < -0.3 is 11.1 Å². The van der Waals surface area contributed by atoms with Gasteiger partial charge in [0.05, 0.1) is 11.3 Å². The average molecular weight is 302 g/mol. The third-order valence-corrected chi connectivity index (χ3v) is 3.92. The van der Waals surface area contributed by atoms with Crippen molar-refractivity contribution in [3.8, 4) is 0 Å². The van der Waals surface area contributed by atoms with Crippen molar-refractivity contribution < 1.29 is 14.4 Å². The van der Waals surface area contributed by atoms with E-state index in [1.54, 1.807) is 13.8 Å². The molecular weight excluding hydrogens is 276 g/mol. The molecule has 0 aromatic heterocycles. The van der Waals surface area contributed by atoms with Crippen molar-refractivity contribution >= 4 is 29.2 Å². The van der Waals surface area contributed by atoms with E-state index in [9.17, 15) is 14.4 Å². The van der Waals surface area contributed by atoms with Gasteiger partial charge in [-0.2, -0.15) is 0 Å². The summed E-state index contributed by atoms with van der Waals surface area (Å²) in [5, 5.41) is 2.43. The van der Waals surface area contributed by atoms with Gasteiger partial charge in [-0.25, -0.2) is 0 Å². The van der Waals surface area contributed by atoms with E-state index < -0.39 is 11.3 Å². The first-order valence-electron chi connectivity index (χ1n) is 6.88. The second-order valence-electron chi connectivity index (χ2n) is 5.43. The van der Waals surface area contributed by atoms with Crippen LogP contribution in [-0.2, 0) is 14.4 Å². The Kier molecular flexibility index (Phi) is 8.73. The molecule has 0 bridgehead atoms. The molecule has 2 unspecified atom stereocenters. The van der Waals surface area contributed by atoms with E-state index in [1.807, 2.05) is 13.8 Å². The average Bonchev–Trinajstić information content (AvgIpc) is 2.32. The zero-order valence-electron chi connectivity index (χ0n) is 12.9. The molecule has 0 fully saturated rings. The van der Waals surface area contributed by atoms with Crippen molar-refractivity contribution in [3.05, 3.63) is 0 Å². The Morgan fingerprint density at radius 2 is 1.70 bits per heavy atom. The fourth-order valence-corrected chi connectivity index (χ4v) is 2.89. The van der Waals surface area contributed by atoms with E-state index in [0.717, 1.165) is 0 Å². The Morgan fingerprint density at radius 3 is 2.05 bits per heavy atom. The van der Waals surface area contributed by atoms with Crippen LogP contribution in [0.5, 0.6) is 0 Å². The molecule has 0 aromatic rings. The predicted octanol–water partition coefficient (Wildman–Crippen LogP) is 1.14. The molecule has 0 rings (SSSR count). The molecule has 5 nitrogen and oxygen atoms in total. The summed E-state index contributed by atoms with van der Waals surface area (Å²) in [4.78, 5) is 35.4. The van der Waals surface area contributed by atoms with Gasteiger partial charge in [-0.1, -0.05) is 27.7 Å². The van der Waals surface area contributed by atoms with Gasteiger partial charge in [0.25, 0.3) is 0 Å². The van der Waals surface area contributed by atoms with Gasteiger partial charge in [0.15, 0.2) is 5.78 Å². The van der Waals surface area contributed by atoms with Gasteiger partial charge in [0, 0.05) is 18.9 Å². The highest BCUT2D eigenvalue weighted by Gasteiger charge is 2.27. The quantitative estimate of drug-likeness (QED) is 0.667. The van der Waals surface area contributed by atoms with Crippen molar-refractivity contribution in [2.45, 2.75) is 57.6 Å². The van der Waals surface area contributed by atoms with Crippen LogP contribution in [0.3, 0.4) is 0 Å². The maximum Gasteiger partial charge on any atom is 0.234 e. The van der Waals surface area contributed by atoms with Gasteiger partial charge >= 0.3 is 0 Å². The number of carbonyl (C=O) groups is 3. The zero-order valence-corrected chi connectivity index (χ0v) is 13.8. The van der Waals surface area contributed by atoms with Crippen molar-refractivity contribution in [2.75, 3.05) is 6.54 Å². The molecule has 0 saturated carbocycles. The van der Waals surface area contributed by atoms with E-state index in [2.05, 4.69) is 5.32 Å². The molecule has 0 heterocycles. The number of hydrogen-bond donors (Lipinski definition) is 2. The van der Waals surface area contributed by atoms with E-state index >= 15 is 0 Å². The molecule has 1 amide bonds. The molecule has 0 spiro atoms. The SMILES string of the molecule is CC(=O)CC(SC(C)C)C(=O)NC(CN)C(=O)C(C)C. The number of Topliss-reactive ketones (excluding diaryl/α,β-unsaturated/α-hetero) is 2. The summed E-state index contributed by atoms with van der Waals surface area (Å²) in [5.41, 5.74) is 5.55. The summed E-state index contributed by atoms with van der Waals surface area (Å²) in [6.45, 7) is 9.00. The van der Waals surface area contributed by atoms with Crippen LogP contribution in [0.1, 0.15) is 41.0 Å². The van der Waals surface area contributed by atoms with Gasteiger partial charge in [-0.3, -0.25) is 14.4 Å². The highest BCUT2D eigenvalue weighted by molar-refractivity contribution is 8.01. The number of ketones is 2. The molecular formula is C14H26N2O3S. The highest BCUT2D eigenvalue weighted by Crippen LogP contribution is 2.21. The van der Waals surface area contributed by atoms with Crippen molar-refractivity contribution in [2.24, 2.45) is 11.7 Å². The second kappa shape index (κ2) is 9.13. The summed E-state index contributed by atoms with van der Waals surface area (Å²) < 4.78 is 0. The molecule has 2 atom stereocenters. The minimum Gasteiger partial charge on any atom is -0.344 e. The maximum absolute atomic E-state index is 12.2. The van der Waals surface area contributed by atoms with Crippen molar-refractivity contribution in [1.29, 1.82) is 0 Å². The van der Waals surface area contributed by atoms with Crippen molar-refractivity contribution in [1.82, 2.24) is 5.32 Å². The number of rotatable bonds is 9. The summed E-state index contributed by atoms with van der Waals surface area (Å²) in [6, 6.07) is -0.676. The summed E-state index contributed by atoms with van der Waals surface area (Å²) in [6.07, 6.45) is 0.168. The topological polar surface area (TPSA) is 89.3 Å². The lowest BCUT2D eigenvalue weighted by Gasteiger charge is -2.22. The molecule has 6 heteroatoms. The third kappa shape index (κ3) is 7.05. The summed E-state index contributed by atoms with van der Waals surface area (Å²) in [5.74, 6) is -0.606. The molecule has 0 aliphatic carbocycles. The third-order valence-electron chi connectivity index (χ3n) is 2.67. The molecule has 0 aromatic carbocycles. The lowest BCUT2D eigenvalue weighted by Crippen LogP contribution is -2.50. The largest absolute Gasteiger partial charge is 0.344 e. The van der Waals surface area contributed by atoms with Crippen LogP contribution < -0.4 is 11.1 Å². The number of nitrogens with one attached hydrogen (secondary N) is 1. The van der Waals surface area contributed by atoms with Crippen LogP contribution in [0.25, 0.3) is 0 Å². The zero-order chi connectivity index (χ0) is 15.9. The smallest absolute Gasteiger partial charge is 0.234 e. The number of carbonyl (C=O) groups excluding carboxylic acids is 3. The molecule has 0 aliphatic rings. The molecule has 116 valence electrons. The molecule has 0 saturated heterocycles. The fraction of sp³-hybridized carbons (Fsp3) is 0.786. The number of amides is 1. The van der Waals surface area contributed by atoms with Gasteiger partial charge in [0.1, 0.15) is 5.78 Å². The highest BCUT2D eigenvalue weighted by atomic mass is 32.2. The molecule has 0 radical (unpaired) electrons. The monoisotopic (exact) mass is 302 g/mol. The van der Waals surface area contributed by atoms with Crippen LogP contribution in [0, 0.1) is 5.92 Å². The summed E-state index contributed by atoms with van der Waals surface area (Å²) in [7, 11) is 0. The Labute approximate surface area is 125 Å². The Morgan fingerprint density at radius 1 is 1.15 bits per heavy atom. The minimum atomic E-state index is -0.676. The fourth-order valence-electron chi connectivity index (χ4n) is 1.71. The normalized spacial score (nSPS) is 14.2. The second-order valence-corrected chi connectivity index (χ2v) is 7.22. The summed E-state index contributed by atoms with van der Waals surface area (Å²) >= 11 is 1.42. The Bertz CT molecular complexity index is 356. The maximum atomic E-state index is 12.2. The van der Waals surface area contributed by atoms with Crippen LogP contribution in [0.15, 0.2) is 0 Å². The Balaban J connectivity index is 4.79.